The summed E-state index contributed by atoms with van der Waals surface area (Å²) in [5.41, 5.74) is 4.81. The molecule has 0 aromatic rings. The predicted molar refractivity (Wildman–Crippen MR) is 52.9 cm³/mol. The zero-order chi connectivity index (χ0) is 10.6. The van der Waals surface area contributed by atoms with Crippen LogP contribution in [0.2, 0.25) is 0 Å². The highest BCUT2D eigenvalue weighted by molar-refractivity contribution is 5.70. The van der Waals surface area contributed by atoms with E-state index in [2.05, 4.69) is 25.5 Å². The first kappa shape index (κ1) is 17.5. The highest BCUT2D eigenvalue weighted by atomic mass is 16.5. The second kappa shape index (κ2) is 16.8. The van der Waals surface area contributed by atoms with Gasteiger partial charge in [-0.05, 0) is 5.92 Å². The van der Waals surface area contributed by atoms with Crippen molar-refractivity contribution in [2.75, 3.05) is 13.7 Å². The van der Waals surface area contributed by atoms with Gasteiger partial charge in [-0.2, -0.15) is 0 Å². The summed E-state index contributed by atoms with van der Waals surface area (Å²) in [5, 5.41) is 0. The average Bonchev–Trinajstić information content (AvgIpc) is 2.06. The van der Waals surface area contributed by atoms with E-state index in [0.717, 1.165) is 5.92 Å². The highest BCUT2D eigenvalue weighted by Crippen LogP contribution is 1.81. The summed E-state index contributed by atoms with van der Waals surface area (Å²) in [6.45, 7) is 10.5. The lowest BCUT2D eigenvalue weighted by molar-refractivity contribution is -0.138. The lowest BCUT2D eigenvalue weighted by atomic mass is 10.3. The monoisotopic (exact) mass is 177 g/mol. The Kier molecular flexibility index (Phi) is 24.5. The van der Waals surface area contributed by atoms with Gasteiger partial charge in [-0.3, -0.25) is 4.79 Å². The Hall–Kier alpha value is -0.570. The summed E-state index contributed by atoms with van der Waals surface area (Å²) < 4.78 is 4.14. The molecule has 0 unspecified atom stereocenters. The number of hydrogen-bond acceptors (Lipinski definition) is 3. The van der Waals surface area contributed by atoms with Crippen LogP contribution in [0.15, 0.2) is 0 Å². The molecule has 0 spiro atoms. The Morgan fingerprint density at radius 3 is 1.58 bits per heavy atom. The molecule has 0 aliphatic rings. The van der Waals surface area contributed by atoms with E-state index in [9.17, 15) is 4.79 Å². The third kappa shape index (κ3) is 57.0. The fraction of sp³-hybridized carbons (Fsp3) is 0.889. The number of hydrogen-bond donors (Lipinski definition) is 1. The van der Waals surface area contributed by atoms with Crippen LogP contribution < -0.4 is 5.73 Å². The summed E-state index contributed by atoms with van der Waals surface area (Å²) in [5.74, 6) is 0.454. The van der Waals surface area contributed by atoms with E-state index in [4.69, 9.17) is 5.73 Å². The van der Waals surface area contributed by atoms with Crippen LogP contribution in [0.4, 0.5) is 0 Å². The van der Waals surface area contributed by atoms with Gasteiger partial charge in [0.25, 0.3) is 0 Å². The third-order valence-corrected chi connectivity index (χ3v) is 0.394. The lowest BCUT2D eigenvalue weighted by Gasteiger charge is -1.87. The summed E-state index contributed by atoms with van der Waals surface area (Å²) >= 11 is 0. The molecule has 76 valence electrons. The largest absolute Gasteiger partial charge is 0.468 e. The fourth-order valence-corrected chi connectivity index (χ4v) is 0.0833. The molecule has 0 aliphatic carbocycles. The second-order valence-electron chi connectivity index (χ2n) is 2.51. The van der Waals surface area contributed by atoms with Crippen LogP contribution in [0.1, 0.15) is 34.6 Å². The molecule has 0 saturated heterocycles. The van der Waals surface area contributed by atoms with Crippen molar-refractivity contribution >= 4 is 5.97 Å². The van der Waals surface area contributed by atoms with Crippen LogP contribution in [0.3, 0.4) is 0 Å². The van der Waals surface area contributed by atoms with Crippen LogP contribution in [-0.4, -0.2) is 19.6 Å². The molecular weight excluding hydrogens is 154 g/mol. The minimum Gasteiger partial charge on any atom is -0.468 e. The standard InChI is InChI=1S/C4H10.C3H7NO2.C2H6/c1-4(2)3;1-6-3(5)2-4;1-2/h4H,1-3H3;2,4H2,1H3;1-2H3. The Bertz CT molecular complexity index is 73.8. The van der Waals surface area contributed by atoms with Gasteiger partial charge in [0.15, 0.2) is 0 Å². The molecule has 0 aromatic carbocycles. The molecule has 3 nitrogen and oxygen atoms in total. The van der Waals surface area contributed by atoms with Gasteiger partial charge in [-0.1, -0.05) is 34.6 Å². The number of nitrogens with two attached hydrogens (primary N) is 1. The quantitative estimate of drug-likeness (QED) is 0.621. The third-order valence-electron chi connectivity index (χ3n) is 0.394. The van der Waals surface area contributed by atoms with Gasteiger partial charge in [0.05, 0.1) is 13.7 Å². The van der Waals surface area contributed by atoms with Crippen molar-refractivity contribution in [3.05, 3.63) is 0 Å². The number of methoxy groups -OCH3 is 1. The maximum atomic E-state index is 9.83. The van der Waals surface area contributed by atoms with Crippen molar-refractivity contribution < 1.29 is 9.53 Å². The van der Waals surface area contributed by atoms with Crippen molar-refractivity contribution in [3.8, 4) is 0 Å². The number of carbonyl (C=O) groups is 1. The SMILES string of the molecule is CC.CC(C)C.COC(=O)CN. The second-order valence-corrected chi connectivity index (χ2v) is 2.51. The molecule has 0 fully saturated rings. The molecule has 0 aliphatic heterocycles. The number of esters is 1. The Labute approximate surface area is 76.3 Å². The Morgan fingerprint density at radius 1 is 1.33 bits per heavy atom. The molecule has 0 rings (SSSR count). The zero-order valence-electron chi connectivity index (χ0n) is 9.18. The summed E-state index contributed by atoms with van der Waals surface area (Å²) in [6, 6.07) is 0. The summed E-state index contributed by atoms with van der Waals surface area (Å²) in [4.78, 5) is 9.83. The van der Waals surface area contributed by atoms with E-state index in [1.807, 2.05) is 13.8 Å². The normalized spacial score (nSPS) is 7.33. The van der Waals surface area contributed by atoms with E-state index in [-0.39, 0.29) is 12.5 Å². The van der Waals surface area contributed by atoms with Crippen molar-refractivity contribution in [1.29, 1.82) is 0 Å². The highest BCUT2D eigenvalue weighted by Gasteiger charge is 1.87. The molecule has 0 heterocycles. The first-order chi connectivity index (χ1) is 5.54. The molecule has 0 amide bonds. The lowest BCUT2D eigenvalue weighted by Crippen LogP contribution is -2.14. The van der Waals surface area contributed by atoms with Gasteiger partial charge < -0.3 is 10.5 Å². The van der Waals surface area contributed by atoms with E-state index in [1.165, 1.54) is 7.11 Å². The first-order valence-electron chi connectivity index (χ1n) is 4.31. The van der Waals surface area contributed by atoms with Crippen LogP contribution >= 0.6 is 0 Å². The summed E-state index contributed by atoms with van der Waals surface area (Å²) in [6.07, 6.45) is 0. The van der Waals surface area contributed by atoms with Crippen molar-refractivity contribution in [2.45, 2.75) is 34.6 Å². The predicted octanol–water partition coefficient (Wildman–Crippen LogP) is 1.81. The van der Waals surface area contributed by atoms with Crippen LogP contribution in [0.5, 0.6) is 0 Å². The number of carbonyl (C=O) groups excluding carboxylic acids is 1. The molecule has 2 N–H and O–H groups in total. The number of rotatable bonds is 1. The van der Waals surface area contributed by atoms with E-state index in [0.29, 0.717) is 0 Å². The van der Waals surface area contributed by atoms with Crippen molar-refractivity contribution in [2.24, 2.45) is 11.7 Å². The molecule has 0 aromatic heterocycles. The van der Waals surface area contributed by atoms with Gasteiger partial charge in [0.2, 0.25) is 0 Å². The average molecular weight is 177 g/mol. The first-order valence-corrected chi connectivity index (χ1v) is 4.31. The van der Waals surface area contributed by atoms with Crippen molar-refractivity contribution in [3.63, 3.8) is 0 Å². The Balaban J connectivity index is -0.000000118. The van der Waals surface area contributed by atoms with E-state index >= 15 is 0 Å². The topological polar surface area (TPSA) is 52.3 Å². The molecule has 3 heteroatoms. The smallest absolute Gasteiger partial charge is 0.319 e. The van der Waals surface area contributed by atoms with E-state index < -0.39 is 0 Å². The van der Waals surface area contributed by atoms with Crippen molar-refractivity contribution in [1.82, 2.24) is 0 Å². The minimum atomic E-state index is -0.380. The molecular formula is C9H23NO2. The number of ether oxygens (including phenoxy) is 1. The van der Waals surface area contributed by atoms with Crippen LogP contribution in [0, 0.1) is 5.92 Å². The van der Waals surface area contributed by atoms with E-state index in [1.54, 1.807) is 0 Å². The molecule has 12 heavy (non-hydrogen) atoms. The van der Waals surface area contributed by atoms with Crippen LogP contribution in [-0.2, 0) is 9.53 Å². The van der Waals surface area contributed by atoms with Crippen LogP contribution in [0.25, 0.3) is 0 Å². The maximum Gasteiger partial charge on any atom is 0.319 e. The van der Waals surface area contributed by atoms with Gasteiger partial charge >= 0.3 is 5.97 Å². The minimum absolute atomic E-state index is 0.0312. The van der Waals surface area contributed by atoms with Gasteiger partial charge in [-0.25, -0.2) is 0 Å². The Morgan fingerprint density at radius 2 is 1.58 bits per heavy atom. The molecule has 0 atom stereocenters. The molecule has 0 bridgehead atoms. The molecule has 0 radical (unpaired) electrons. The zero-order valence-corrected chi connectivity index (χ0v) is 9.18. The summed E-state index contributed by atoms with van der Waals surface area (Å²) in [7, 11) is 1.30. The molecule has 0 saturated carbocycles. The maximum absolute atomic E-state index is 9.83. The fourth-order valence-electron chi connectivity index (χ4n) is 0.0833. The van der Waals surface area contributed by atoms with Gasteiger partial charge in [0.1, 0.15) is 0 Å². The van der Waals surface area contributed by atoms with Gasteiger partial charge in [-0.15, -0.1) is 0 Å². The van der Waals surface area contributed by atoms with Gasteiger partial charge in [0, 0.05) is 0 Å².